The number of sulfonamides is 1. The van der Waals surface area contributed by atoms with Crippen LogP contribution in [0.3, 0.4) is 0 Å². The number of aromatic amines is 2. The smallest absolute Gasteiger partial charge is 0.323 e. The van der Waals surface area contributed by atoms with E-state index in [1.54, 1.807) is 12.3 Å². The van der Waals surface area contributed by atoms with Crippen molar-refractivity contribution in [3.8, 4) is 0 Å². The molecule has 1 aliphatic heterocycles. The predicted molar refractivity (Wildman–Crippen MR) is 103 cm³/mol. The van der Waals surface area contributed by atoms with E-state index in [0.29, 0.717) is 24.1 Å². The molecule has 9 nitrogen and oxygen atoms in total. The average Bonchev–Trinajstić information content (AvgIpc) is 3.21. The number of anilines is 1. The molecule has 1 saturated heterocycles. The molecule has 1 fully saturated rings. The first-order valence-corrected chi connectivity index (χ1v) is 10.7. The summed E-state index contributed by atoms with van der Waals surface area (Å²) in [6.07, 6.45) is 5.07. The average molecular weight is 400 g/mol. The Bertz CT molecular complexity index is 1240. The van der Waals surface area contributed by atoms with E-state index in [4.69, 9.17) is 5.73 Å². The zero-order valence-electron chi connectivity index (χ0n) is 15.1. The fraction of sp³-hybridized carbons (Fsp3) is 0.389. The second-order valence-corrected chi connectivity index (χ2v) is 9.55. The van der Waals surface area contributed by atoms with Gasteiger partial charge in [0.1, 0.15) is 0 Å². The van der Waals surface area contributed by atoms with Gasteiger partial charge in [0.15, 0.2) is 0 Å². The Labute approximate surface area is 161 Å². The summed E-state index contributed by atoms with van der Waals surface area (Å²) in [7, 11) is -3.70. The second kappa shape index (κ2) is 5.89. The normalized spacial score (nSPS) is 22.7. The van der Waals surface area contributed by atoms with Gasteiger partial charge in [-0.1, -0.05) is 0 Å². The molecule has 1 spiro atoms. The highest BCUT2D eigenvalue weighted by molar-refractivity contribution is 7.89. The van der Waals surface area contributed by atoms with E-state index in [0.717, 1.165) is 36.9 Å². The molecule has 10 heteroatoms. The number of piperidine rings is 1. The van der Waals surface area contributed by atoms with Crippen molar-refractivity contribution in [2.75, 3.05) is 18.8 Å². The molecule has 28 heavy (non-hydrogen) atoms. The SMILES string of the molecule is Nc1ncc2c(n1)C1(CCCN(S(=O)(=O)c3ccc4[nH]c(=O)[nH]c4c3)C1)CC2. The van der Waals surface area contributed by atoms with E-state index in [2.05, 4.69) is 19.9 Å². The van der Waals surface area contributed by atoms with Crippen LogP contribution in [0.15, 0.2) is 34.1 Å². The van der Waals surface area contributed by atoms with Gasteiger partial charge < -0.3 is 15.7 Å². The Kier molecular flexibility index (Phi) is 3.65. The molecule has 3 aromatic rings. The first-order valence-electron chi connectivity index (χ1n) is 9.22. The molecule has 0 amide bonds. The van der Waals surface area contributed by atoms with Crippen molar-refractivity contribution in [3.05, 3.63) is 46.1 Å². The fourth-order valence-corrected chi connectivity index (χ4v) is 6.16. The molecular weight excluding hydrogens is 380 g/mol. The number of hydrogen-bond acceptors (Lipinski definition) is 6. The fourth-order valence-electron chi connectivity index (χ4n) is 4.57. The summed E-state index contributed by atoms with van der Waals surface area (Å²) >= 11 is 0. The summed E-state index contributed by atoms with van der Waals surface area (Å²) in [6.45, 7) is 0.835. The molecule has 2 aromatic heterocycles. The number of nitrogens with one attached hydrogen (secondary N) is 2. The van der Waals surface area contributed by atoms with Crippen molar-refractivity contribution in [2.24, 2.45) is 0 Å². The van der Waals surface area contributed by atoms with Gasteiger partial charge in [0.2, 0.25) is 16.0 Å². The van der Waals surface area contributed by atoms with Crippen LogP contribution >= 0.6 is 0 Å². The van der Waals surface area contributed by atoms with E-state index >= 15 is 0 Å². The van der Waals surface area contributed by atoms with Gasteiger partial charge in [-0.25, -0.2) is 23.2 Å². The Hall–Kier alpha value is -2.72. The van der Waals surface area contributed by atoms with Crippen LogP contribution in [0.2, 0.25) is 0 Å². The number of nitrogens with two attached hydrogens (primary N) is 1. The molecule has 0 radical (unpaired) electrons. The van der Waals surface area contributed by atoms with Gasteiger partial charge in [0.05, 0.1) is 21.6 Å². The van der Waals surface area contributed by atoms with Crippen LogP contribution in [0.1, 0.15) is 30.5 Å². The van der Waals surface area contributed by atoms with Gasteiger partial charge in [-0.05, 0) is 49.4 Å². The molecule has 3 heterocycles. The van der Waals surface area contributed by atoms with Crippen molar-refractivity contribution in [1.29, 1.82) is 0 Å². The lowest BCUT2D eigenvalue weighted by Crippen LogP contribution is -2.47. The lowest BCUT2D eigenvalue weighted by atomic mass is 9.78. The molecule has 1 aromatic carbocycles. The quantitative estimate of drug-likeness (QED) is 0.584. The monoisotopic (exact) mass is 400 g/mol. The van der Waals surface area contributed by atoms with Gasteiger partial charge >= 0.3 is 5.69 Å². The molecule has 1 atom stereocenters. The first-order chi connectivity index (χ1) is 13.4. The molecule has 0 bridgehead atoms. The number of imidazole rings is 1. The van der Waals surface area contributed by atoms with Gasteiger partial charge in [-0.3, -0.25) is 0 Å². The highest BCUT2D eigenvalue weighted by Gasteiger charge is 2.46. The van der Waals surface area contributed by atoms with Crippen LogP contribution in [-0.4, -0.2) is 45.7 Å². The highest BCUT2D eigenvalue weighted by atomic mass is 32.2. The molecule has 2 aliphatic rings. The second-order valence-electron chi connectivity index (χ2n) is 7.61. The van der Waals surface area contributed by atoms with Crippen molar-refractivity contribution < 1.29 is 8.42 Å². The number of nitrogen functional groups attached to an aromatic ring is 1. The molecule has 0 saturated carbocycles. The van der Waals surface area contributed by atoms with Gasteiger partial charge in [0.25, 0.3) is 0 Å². The van der Waals surface area contributed by atoms with Crippen LogP contribution in [0.4, 0.5) is 5.95 Å². The molecule has 4 N–H and O–H groups in total. The zero-order valence-corrected chi connectivity index (χ0v) is 15.9. The predicted octanol–water partition coefficient (Wildman–Crippen LogP) is 0.897. The van der Waals surface area contributed by atoms with Crippen molar-refractivity contribution >= 4 is 27.0 Å². The lowest BCUT2D eigenvalue weighted by Gasteiger charge is -2.39. The number of nitrogens with zero attached hydrogens (tertiary/aromatic N) is 3. The van der Waals surface area contributed by atoms with Crippen LogP contribution in [0.5, 0.6) is 0 Å². The minimum absolute atomic E-state index is 0.174. The third kappa shape index (κ3) is 2.55. The Balaban J connectivity index is 1.52. The molecule has 1 unspecified atom stereocenters. The molecular formula is C18H20N6O3S. The minimum atomic E-state index is -3.70. The Morgan fingerprint density at radius 1 is 1.18 bits per heavy atom. The Morgan fingerprint density at radius 3 is 2.86 bits per heavy atom. The number of H-pyrrole nitrogens is 2. The third-order valence-corrected chi connectivity index (χ3v) is 7.77. The highest BCUT2D eigenvalue weighted by Crippen LogP contribution is 2.45. The molecule has 146 valence electrons. The molecule has 5 rings (SSSR count). The van der Waals surface area contributed by atoms with E-state index in [-0.39, 0.29) is 21.9 Å². The maximum atomic E-state index is 13.3. The third-order valence-electron chi connectivity index (χ3n) is 5.93. The van der Waals surface area contributed by atoms with Crippen LogP contribution in [-0.2, 0) is 21.9 Å². The van der Waals surface area contributed by atoms with E-state index in [1.165, 1.54) is 16.4 Å². The summed E-state index contributed by atoms with van der Waals surface area (Å²) in [5.41, 5.74) is 8.13. The lowest BCUT2D eigenvalue weighted by molar-refractivity contribution is 0.219. The van der Waals surface area contributed by atoms with Crippen molar-refractivity contribution in [3.63, 3.8) is 0 Å². The number of hydrogen-bond donors (Lipinski definition) is 3. The maximum Gasteiger partial charge on any atom is 0.323 e. The summed E-state index contributed by atoms with van der Waals surface area (Å²) < 4.78 is 28.2. The summed E-state index contributed by atoms with van der Waals surface area (Å²) in [5, 5.41) is 0. The number of aromatic nitrogens is 4. The maximum absolute atomic E-state index is 13.3. The van der Waals surface area contributed by atoms with Crippen LogP contribution in [0.25, 0.3) is 11.0 Å². The first kappa shape index (κ1) is 17.4. The van der Waals surface area contributed by atoms with Gasteiger partial charge in [0, 0.05) is 24.7 Å². The van der Waals surface area contributed by atoms with Gasteiger partial charge in [-0.15, -0.1) is 0 Å². The topological polar surface area (TPSA) is 138 Å². The minimum Gasteiger partial charge on any atom is -0.368 e. The van der Waals surface area contributed by atoms with Crippen molar-refractivity contribution in [2.45, 2.75) is 36.0 Å². The zero-order chi connectivity index (χ0) is 19.5. The number of rotatable bonds is 2. The van der Waals surface area contributed by atoms with E-state index in [9.17, 15) is 13.2 Å². The van der Waals surface area contributed by atoms with E-state index < -0.39 is 10.0 Å². The van der Waals surface area contributed by atoms with E-state index in [1.807, 2.05) is 0 Å². The van der Waals surface area contributed by atoms with Crippen molar-refractivity contribution in [1.82, 2.24) is 24.2 Å². The summed E-state index contributed by atoms with van der Waals surface area (Å²) in [6, 6.07) is 4.65. The summed E-state index contributed by atoms with van der Waals surface area (Å²) in [5.74, 6) is 0.224. The summed E-state index contributed by atoms with van der Waals surface area (Å²) in [4.78, 5) is 25.4. The van der Waals surface area contributed by atoms with Crippen LogP contribution in [0, 0.1) is 0 Å². The number of aryl methyl sites for hydroxylation is 1. The standard InChI is InChI=1S/C18H20N6O3S/c19-16-20-9-11-4-6-18(15(11)23-16)5-1-7-24(10-18)28(26,27)12-2-3-13-14(8-12)22-17(25)21-13/h2-3,8-9H,1,4-7,10H2,(H2,19,20,23)(H2,21,22,25). The molecule has 1 aliphatic carbocycles. The van der Waals surface area contributed by atoms with Gasteiger partial charge in [-0.2, -0.15) is 4.31 Å². The number of benzene rings is 1. The largest absolute Gasteiger partial charge is 0.368 e. The Morgan fingerprint density at radius 2 is 2.00 bits per heavy atom. The van der Waals surface area contributed by atoms with Crippen LogP contribution < -0.4 is 11.4 Å². The number of fused-ring (bicyclic) bond motifs is 3.